The Labute approximate surface area is 119 Å². The Balaban J connectivity index is 2.38. The minimum atomic E-state index is -3.49. The molecule has 2 rings (SSSR count). The molecule has 1 heterocycles. The van der Waals surface area contributed by atoms with E-state index in [1.807, 2.05) is 6.92 Å². The third-order valence-corrected chi connectivity index (χ3v) is 5.95. The van der Waals surface area contributed by atoms with Crippen LogP contribution in [0.25, 0.3) is 0 Å². The molecule has 4 nitrogen and oxygen atoms in total. The number of benzene rings is 1. The van der Waals surface area contributed by atoms with Gasteiger partial charge in [-0.2, -0.15) is 4.31 Å². The van der Waals surface area contributed by atoms with Crippen molar-refractivity contribution in [1.82, 2.24) is 4.31 Å². The van der Waals surface area contributed by atoms with Gasteiger partial charge in [-0.05, 0) is 44.0 Å². The summed E-state index contributed by atoms with van der Waals surface area (Å²) in [5.41, 5.74) is 5.73. The molecule has 0 amide bonds. The summed E-state index contributed by atoms with van der Waals surface area (Å²) in [7, 11) is -3.49. The van der Waals surface area contributed by atoms with Crippen LogP contribution < -0.4 is 5.73 Å². The molecule has 106 valence electrons. The smallest absolute Gasteiger partial charge is 0.243 e. The van der Waals surface area contributed by atoms with Crippen LogP contribution in [0.3, 0.4) is 0 Å². The zero-order chi connectivity index (χ0) is 14.0. The summed E-state index contributed by atoms with van der Waals surface area (Å²) in [6.45, 7) is 2.30. The summed E-state index contributed by atoms with van der Waals surface area (Å²) >= 11 is 5.80. The number of sulfonamides is 1. The minimum Gasteiger partial charge on any atom is -0.329 e. The number of nitrogens with zero attached hydrogens (tertiary/aromatic N) is 1. The Hall–Kier alpha value is -0.620. The van der Waals surface area contributed by atoms with Crippen molar-refractivity contribution in [3.05, 3.63) is 29.3 Å². The number of nitrogens with two attached hydrogens (primary N) is 1. The highest BCUT2D eigenvalue weighted by Gasteiger charge is 2.37. The second kappa shape index (κ2) is 5.79. The van der Waals surface area contributed by atoms with Gasteiger partial charge in [0.05, 0.1) is 4.90 Å². The summed E-state index contributed by atoms with van der Waals surface area (Å²) in [6, 6.07) is 6.17. The van der Waals surface area contributed by atoms with Crippen molar-refractivity contribution in [3.63, 3.8) is 0 Å². The van der Waals surface area contributed by atoms with Gasteiger partial charge in [-0.25, -0.2) is 8.42 Å². The molecule has 1 aromatic rings. The molecule has 2 atom stereocenters. The second-order valence-corrected chi connectivity index (χ2v) is 7.24. The van der Waals surface area contributed by atoms with Gasteiger partial charge in [-0.15, -0.1) is 0 Å². The van der Waals surface area contributed by atoms with Crippen LogP contribution in [0.4, 0.5) is 0 Å². The standard InChI is InChI=1S/C13H19ClN2O2S/c1-10-3-2-4-12(9-15)16(10)19(17,18)13-7-5-11(14)6-8-13/h5-8,10,12H,2-4,9,15H2,1H3. The van der Waals surface area contributed by atoms with Gasteiger partial charge in [0, 0.05) is 23.7 Å². The van der Waals surface area contributed by atoms with E-state index in [2.05, 4.69) is 0 Å². The average Bonchev–Trinajstić information content (AvgIpc) is 2.38. The van der Waals surface area contributed by atoms with Crippen molar-refractivity contribution in [1.29, 1.82) is 0 Å². The van der Waals surface area contributed by atoms with Crippen molar-refractivity contribution < 1.29 is 8.42 Å². The van der Waals surface area contributed by atoms with E-state index in [1.54, 1.807) is 28.6 Å². The predicted octanol–water partition coefficient (Wildman–Crippen LogP) is 2.23. The van der Waals surface area contributed by atoms with Crippen molar-refractivity contribution in [2.75, 3.05) is 6.54 Å². The van der Waals surface area contributed by atoms with Gasteiger partial charge in [0.15, 0.2) is 0 Å². The molecular weight excluding hydrogens is 284 g/mol. The molecule has 0 spiro atoms. The lowest BCUT2D eigenvalue weighted by atomic mass is 10.00. The first-order chi connectivity index (χ1) is 8.96. The predicted molar refractivity (Wildman–Crippen MR) is 76.6 cm³/mol. The normalized spacial score (nSPS) is 25.4. The maximum atomic E-state index is 12.7. The summed E-state index contributed by atoms with van der Waals surface area (Å²) in [5.74, 6) is 0. The van der Waals surface area contributed by atoms with E-state index in [-0.39, 0.29) is 17.0 Å². The molecule has 6 heteroatoms. The van der Waals surface area contributed by atoms with Crippen LogP contribution in [0, 0.1) is 0 Å². The Morgan fingerprint density at radius 3 is 2.53 bits per heavy atom. The molecule has 1 saturated heterocycles. The van der Waals surface area contributed by atoms with Gasteiger partial charge in [0.2, 0.25) is 10.0 Å². The molecule has 2 N–H and O–H groups in total. The van der Waals surface area contributed by atoms with Gasteiger partial charge < -0.3 is 5.73 Å². The van der Waals surface area contributed by atoms with E-state index >= 15 is 0 Å². The fourth-order valence-electron chi connectivity index (χ4n) is 2.65. The van der Waals surface area contributed by atoms with Crippen LogP contribution in [-0.4, -0.2) is 31.4 Å². The maximum Gasteiger partial charge on any atom is 0.243 e. The quantitative estimate of drug-likeness (QED) is 0.931. The molecule has 1 aromatic carbocycles. The lowest BCUT2D eigenvalue weighted by Gasteiger charge is -2.38. The van der Waals surface area contributed by atoms with E-state index in [1.165, 1.54) is 0 Å². The highest BCUT2D eigenvalue weighted by atomic mass is 35.5. The molecule has 0 radical (unpaired) electrons. The Morgan fingerprint density at radius 1 is 1.32 bits per heavy atom. The van der Waals surface area contributed by atoms with E-state index in [9.17, 15) is 8.42 Å². The third-order valence-electron chi connectivity index (χ3n) is 3.61. The van der Waals surface area contributed by atoms with Gasteiger partial charge >= 0.3 is 0 Å². The lowest BCUT2D eigenvalue weighted by molar-refractivity contribution is 0.196. The molecule has 1 aliphatic heterocycles. The van der Waals surface area contributed by atoms with Crippen LogP contribution in [0.15, 0.2) is 29.2 Å². The molecule has 1 fully saturated rings. The first-order valence-corrected chi connectivity index (χ1v) is 8.28. The number of halogens is 1. The van der Waals surface area contributed by atoms with Crippen LogP contribution >= 0.6 is 11.6 Å². The first-order valence-electron chi connectivity index (χ1n) is 6.46. The Bertz CT molecular complexity index is 530. The molecular formula is C13H19ClN2O2S. The zero-order valence-corrected chi connectivity index (χ0v) is 12.5. The van der Waals surface area contributed by atoms with Gasteiger partial charge in [-0.1, -0.05) is 18.0 Å². The fraction of sp³-hybridized carbons (Fsp3) is 0.538. The van der Waals surface area contributed by atoms with Crippen LogP contribution in [0.1, 0.15) is 26.2 Å². The second-order valence-electron chi connectivity index (χ2n) is 4.96. The third kappa shape index (κ3) is 2.94. The van der Waals surface area contributed by atoms with Crippen LogP contribution in [0.5, 0.6) is 0 Å². The topological polar surface area (TPSA) is 63.4 Å². The fourth-order valence-corrected chi connectivity index (χ4v) is 4.66. The maximum absolute atomic E-state index is 12.7. The van der Waals surface area contributed by atoms with Crippen molar-refractivity contribution in [2.24, 2.45) is 5.73 Å². The summed E-state index contributed by atoms with van der Waals surface area (Å²) in [5, 5.41) is 0.529. The van der Waals surface area contributed by atoms with Crippen LogP contribution in [0.2, 0.25) is 5.02 Å². The van der Waals surface area contributed by atoms with Gasteiger partial charge in [0.1, 0.15) is 0 Å². The highest BCUT2D eigenvalue weighted by molar-refractivity contribution is 7.89. The van der Waals surface area contributed by atoms with Crippen LogP contribution in [-0.2, 0) is 10.0 Å². The number of piperidine rings is 1. The van der Waals surface area contributed by atoms with Gasteiger partial charge in [-0.3, -0.25) is 0 Å². The van der Waals surface area contributed by atoms with Gasteiger partial charge in [0.25, 0.3) is 0 Å². The molecule has 0 bridgehead atoms. The summed E-state index contributed by atoms with van der Waals surface area (Å²) < 4.78 is 27.0. The van der Waals surface area contributed by atoms with E-state index in [4.69, 9.17) is 17.3 Å². The Kier molecular flexibility index (Phi) is 4.50. The summed E-state index contributed by atoms with van der Waals surface area (Å²) in [4.78, 5) is 0.282. The lowest BCUT2D eigenvalue weighted by Crippen LogP contribution is -2.51. The van der Waals surface area contributed by atoms with E-state index in [0.29, 0.717) is 11.6 Å². The molecule has 0 aliphatic carbocycles. The molecule has 1 aliphatic rings. The van der Waals surface area contributed by atoms with Crippen molar-refractivity contribution >= 4 is 21.6 Å². The van der Waals surface area contributed by atoms with E-state index in [0.717, 1.165) is 19.3 Å². The Morgan fingerprint density at radius 2 is 1.95 bits per heavy atom. The molecule has 0 aromatic heterocycles. The van der Waals surface area contributed by atoms with E-state index < -0.39 is 10.0 Å². The zero-order valence-electron chi connectivity index (χ0n) is 10.9. The summed E-state index contributed by atoms with van der Waals surface area (Å²) in [6.07, 6.45) is 2.73. The monoisotopic (exact) mass is 302 g/mol. The molecule has 0 saturated carbocycles. The largest absolute Gasteiger partial charge is 0.329 e. The van der Waals surface area contributed by atoms with Crippen molar-refractivity contribution in [2.45, 2.75) is 43.2 Å². The first kappa shape index (κ1) is 14.8. The molecule has 2 unspecified atom stereocenters. The highest BCUT2D eigenvalue weighted by Crippen LogP contribution is 2.29. The number of hydrogen-bond donors (Lipinski definition) is 1. The SMILES string of the molecule is CC1CCCC(CN)N1S(=O)(=O)c1ccc(Cl)cc1. The number of rotatable bonds is 3. The molecule has 19 heavy (non-hydrogen) atoms. The number of hydrogen-bond acceptors (Lipinski definition) is 3. The average molecular weight is 303 g/mol. The minimum absolute atomic E-state index is 0.0111. The van der Waals surface area contributed by atoms with Crippen molar-refractivity contribution in [3.8, 4) is 0 Å².